The molecular weight excluding hydrogens is 304 g/mol. The molecule has 0 unspecified atom stereocenters. The second kappa shape index (κ2) is 6.11. The van der Waals surface area contributed by atoms with Crippen LogP contribution in [0.3, 0.4) is 0 Å². The summed E-state index contributed by atoms with van der Waals surface area (Å²) in [6, 6.07) is 9.00. The van der Waals surface area contributed by atoms with E-state index in [1.165, 1.54) is 24.3 Å². The summed E-state index contributed by atoms with van der Waals surface area (Å²) in [4.78, 5) is 11.0. The fourth-order valence-corrected chi connectivity index (χ4v) is 2.05. The van der Waals surface area contributed by atoms with Crippen molar-refractivity contribution in [3.05, 3.63) is 63.4 Å². The van der Waals surface area contributed by atoms with E-state index >= 15 is 0 Å². The van der Waals surface area contributed by atoms with Gasteiger partial charge in [-0.1, -0.05) is 29.3 Å². The number of halogens is 3. The van der Waals surface area contributed by atoms with Gasteiger partial charge in [0.1, 0.15) is 5.82 Å². The highest BCUT2D eigenvalue weighted by Gasteiger charge is 2.09. The molecule has 0 amide bonds. The monoisotopic (exact) mass is 313 g/mol. The van der Waals surface area contributed by atoms with Crippen LogP contribution in [0.5, 0.6) is 0 Å². The molecule has 0 saturated heterocycles. The number of carboxylic acid groups (broad SMARTS) is 1. The first kappa shape index (κ1) is 14.6. The normalized spacial score (nSPS) is 10.3. The third kappa shape index (κ3) is 3.40. The van der Waals surface area contributed by atoms with Crippen molar-refractivity contribution in [3.8, 4) is 0 Å². The van der Waals surface area contributed by atoms with Crippen LogP contribution in [-0.2, 0) is 6.54 Å². The van der Waals surface area contributed by atoms with Crippen LogP contribution in [0.15, 0.2) is 36.4 Å². The SMILES string of the molecule is O=C(O)c1cc(NCc2ccc(F)c(Cl)c2)ccc1Cl. The van der Waals surface area contributed by atoms with Crippen molar-refractivity contribution < 1.29 is 14.3 Å². The number of aromatic carboxylic acids is 1. The van der Waals surface area contributed by atoms with Crippen molar-refractivity contribution >= 4 is 34.9 Å². The molecular formula is C14H10Cl2FNO2. The van der Waals surface area contributed by atoms with E-state index in [1.54, 1.807) is 12.1 Å². The zero-order valence-corrected chi connectivity index (χ0v) is 11.7. The van der Waals surface area contributed by atoms with Crippen LogP contribution in [0.25, 0.3) is 0 Å². The van der Waals surface area contributed by atoms with Crippen LogP contribution in [0.2, 0.25) is 10.0 Å². The predicted molar refractivity (Wildman–Crippen MR) is 77.1 cm³/mol. The lowest BCUT2D eigenvalue weighted by atomic mass is 10.2. The number of carbonyl (C=O) groups is 1. The Morgan fingerprint density at radius 3 is 2.55 bits per heavy atom. The number of nitrogens with one attached hydrogen (secondary N) is 1. The van der Waals surface area contributed by atoms with Gasteiger partial charge in [0, 0.05) is 12.2 Å². The van der Waals surface area contributed by atoms with Gasteiger partial charge in [-0.2, -0.15) is 0 Å². The first-order valence-corrected chi connectivity index (χ1v) is 6.43. The summed E-state index contributed by atoms with van der Waals surface area (Å²) in [6.07, 6.45) is 0. The number of hydrogen-bond acceptors (Lipinski definition) is 2. The molecule has 0 aliphatic heterocycles. The van der Waals surface area contributed by atoms with Crippen LogP contribution in [0, 0.1) is 5.82 Å². The van der Waals surface area contributed by atoms with Gasteiger partial charge in [0.2, 0.25) is 0 Å². The number of carboxylic acids is 1. The summed E-state index contributed by atoms with van der Waals surface area (Å²) in [5, 5.41) is 12.2. The fraction of sp³-hybridized carbons (Fsp3) is 0.0714. The van der Waals surface area contributed by atoms with Crippen molar-refractivity contribution in [1.29, 1.82) is 0 Å². The molecule has 0 saturated carbocycles. The summed E-state index contributed by atoms with van der Waals surface area (Å²) < 4.78 is 13.0. The molecule has 0 aliphatic carbocycles. The van der Waals surface area contributed by atoms with E-state index in [4.69, 9.17) is 28.3 Å². The second-order valence-corrected chi connectivity index (χ2v) is 4.92. The Morgan fingerprint density at radius 1 is 1.15 bits per heavy atom. The molecule has 0 spiro atoms. The molecule has 0 fully saturated rings. The minimum atomic E-state index is -1.09. The fourth-order valence-electron chi connectivity index (χ4n) is 1.65. The Kier molecular flexibility index (Phi) is 4.47. The second-order valence-electron chi connectivity index (χ2n) is 4.10. The van der Waals surface area contributed by atoms with Gasteiger partial charge >= 0.3 is 5.97 Å². The maximum absolute atomic E-state index is 13.0. The Balaban J connectivity index is 2.12. The minimum Gasteiger partial charge on any atom is -0.478 e. The lowest BCUT2D eigenvalue weighted by molar-refractivity contribution is 0.0697. The highest BCUT2D eigenvalue weighted by Crippen LogP contribution is 2.22. The van der Waals surface area contributed by atoms with Gasteiger partial charge in [-0.05, 0) is 35.9 Å². The summed E-state index contributed by atoms with van der Waals surface area (Å²) in [5.74, 6) is -1.57. The van der Waals surface area contributed by atoms with E-state index in [-0.39, 0.29) is 15.6 Å². The van der Waals surface area contributed by atoms with Gasteiger partial charge in [0.05, 0.1) is 15.6 Å². The molecule has 0 aromatic heterocycles. The third-order valence-electron chi connectivity index (χ3n) is 2.68. The topological polar surface area (TPSA) is 49.3 Å². The van der Waals surface area contributed by atoms with Gasteiger partial charge in [0.15, 0.2) is 0 Å². The van der Waals surface area contributed by atoms with E-state index in [2.05, 4.69) is 5.32 Å². The maximum atomic E-state index is 13.0. The zero-order chi connectivity index (χ0) is 14.7. The highest BCUT2D eigenvalue weighted by atomic mass is 35.5. The lowest BCUT2D eigenvalue weighted by Gasteiger charge is -2.09. The summed E-state index contributed by atoms with van der Waals surface area (Å²) in [5.41, 5.74) is 1.41. The average molecular weight is 314 g/mol. The largest absolute Gasteiger partial charge is 0.478 e. The number of benzene rings is 2. The van der Waals surface area contributed by atoms with Gasteiger partial charge in [-0.3, -0.25) is 0 Å². The van der Waals surface area contributed by atoms with Gasteiger partial charge in [0.25, 0.3) is 0 Å². The average Bonchev–Trinajstić information content (AvgIpc) is 2.41. The van der Waals surface area contributed by atoms with Gasteiger partial charge in [-0.15, -0.1) is 0 Å². The molecule has 0 aliphatic rings. The molecule has 6 heteroatoms. The van der Waals surface area contributed by atoms with Crippen molar-refractivity contribution in [2.75, 3.05) is 5.32 Å². The van der Waals surface area contributed by atoms with E-state index < -0.39 is 11.8 Å². The minimum absolute atomic E-state index is 0.0220. The molecule has 0 radical (unpaired) electrons. The summed E-state index contributed by atoms with van der Waals surface area (Å²) in [7, 11) is 0. The van der Waals surface area contributed by atoms with E-state index in [0.29, 0.717) is 12.2 Å². The first-order valence-electron chi connectivity index (χ1n) is 5.68. The Morgan fingerprint density at radius 2 is 1.90 bits per heavy atom. The van der Waals surface area contributed by atoms with Gasteiger partial charge < -0.3 is 10.4 Å². The van der Waals surface area contributed by atoms with Crippen molar-refractivity contribution in [1.82, 2.24) is 0 Å². The number of rotatable bonds is 4. The number of anilines is 1. The quantitative estimate of drug-likeness (QED) is 0.877. The Labute approximate surface area is 124 Å². The van der Waals surface area contributed by atoms with Crippen molar-refractivity contribution in [2.24, 2.45) is 0 Å². The van der Waals surface area contributed by atoms with Gasteiger partial charge in [-0.25, -0.2) is 9.18 Å². The molecule has 2 rings (SSSR count). The summed E-state index contributed by atoms with van der Waals surface area (Å²) in [6.45, 7) is 0.390. The van der Waals surface area contributed by atoms with Crippen LogP contribution in [0.1, 0.15) is 15.9 Å². The molecule has 104 valence electrons. The zero-order valence-electron chi connectivity index (χ0n) is 10.2. The molecule has 2 N–H and O–H groups in total. The molecule has 0 heterocycles. The molecule has 3 nitrogen and oxygen atoms in total. The molecule has 0 atom stereocenters. The van der Waals surface area contributed by atoms with E-state index in [1.807, 2.05) is 0 Å². The highest BCUT2D eigenvalue weighted by molar-refractivity contribution is 6.33. The Bertz CT molecular complexity index is 662. The van der Waals surface area contributed by atoms with Crippen LogP contribution < -0.4 is 5.32 Å². The van der Waals surface area contributed by atoms with Crippen LogP contribution in [-0.4, -0.2) is 11.1 Å². The van der Waals surface area contributed by atoms with Crippen molar-refractivity contribution in [3.63, 3.8) is 0 Å². The molecule has 0 bridgehead atoms. The molecule has 20 heavy (non-hydrogen) atoms. The maximum Gasteiger partial charge on any atom is 0.337 e. The molecule has 2 aromatic rings. The number of hydrogen-bond donors (Lipinski definition) is 2. The van der Waals surface area contributed by atoms with Crippen LogP contribution >= 0.6 is 23.2 Å². The standard InChI is InChI=1S/C14H10Cl2FNO2/c15-11-3-2-9(6-10(11)14(19)20)18-7-8-1-4-13(17)12(16)5-8/h1-6,18H,7H2,(H,19,20). The summed E-state index contributed by atoms with van der Waals surface area (Å²) >= 11 is 11.5. The third-order valence-corrected chi connectivity index (χ3v) is 3.30. The predicted octanol–water partition coefficient (Wildman–Crippen LogP) is 4.44. The molecule has 2 aromatic carbocycles. The van der Waals surface area contributed by atoms with Crippen molar-refractivity contribution in [2.45, 2.75) is 6.54 Å². The first-order chi connectivity index (χ1) is 9.47. The van der Waals surface area contributed by atoms with Crippen LogP contribution in [0.4, 0.5) is 10.1 Å². The van der Waals surface area contributed by atoms with E-state index in [9.17, 15) is 9.18 Å². The lowest BCUT2D eigenvalue weighted by Crippen LogP contribution is -2.03. The Hall–Kier alpha value is -1.78. The smallest absolute Gasteiger partial charge is 0.337 e. The van der Waals surface area contributed by atoms with E-state index in [0.717, 1.165) is 5.56 Å².